The first-order valence-corrected chi connectivity index (χ1v) is 9.61. The van der Waals surface area contributed by atoms with Gasteiger partial charge in [0, 0.05) is 28.4 Å². The standard InChI is InChI=1S/C20H26ClN5O2/c1-19(2,3)25-18(28)26-10-14(24-20(11-26)7-8-20)15(17(23)27)16(22)12-5-4-6-13(21)9-12/h4-6,9,22,24H,7-8,10-11H2,1-3H3,(H2,23,27)(H,25,28)/b15-14+,22-16?. The molecule has 1 aromatic rings. The van der Waals surface area contributed by atoms with Gasteiger partial charge >= 0.3 is 6.03 Å². The van der Waals surface area contributed by atoms with Gasteiger partial charge in [-0.2, -0.15) is 0 Å². The van der Waals surface area contributed by atoms with Gasteiger partial charge in [-0.05, 0) is 45.7 Å². The van der Waals surface area contributed by atoms with E-state index in [0.717, 1.165) is 12.8 Å². The summed E-state index contributed by atoms with van der Waals surface area (Å²) < 4.78 is 0. The fourth-order valence-electron chi connectivity index (χ4n) is 3.34. The van der Waals surface area contributed by atoms with Crippen molar-refractivity contribution in [2.24, 2.45) is 5.73 Å². The third-order valence-corrected chi connectivity index (χ3v) is 5.03. The molecule has 150 valence electrons. The zero-order chi connectivity index (χ0) is 20.7. The lowest BCUT2D eigenvalue weighted by molar-refractivity contribution is -0.114. The van der Waals surface area contributed by atoms with Gasteiger partial charge in [-0.25, -0.2) is 4.79 Å². The summed E-state index contributed by atoms with van der Waals surface area (Å²) >= 11 is 6.03. The van der Waals surface area contributed by atoms with Crippen LogP contribution in [0.1, 0.15) is 39.2 Å². The fourth-order valence-corrected chi connectivity index (χ4v) is 3.53. The van der Waals surface area contributed by atoms with Crippen LogP contribution in [-0.4, -0.2) is 46.7 Å². The molecule has 28 heavy (non-hydrogen) atoms. The van der Waals surface area contributed by atoms with E-state index < -0.39 is 5.91 Å². The van der Waals surface area contributed by atoms with Crippen LogP contribution in [0.5, 0.6) is 0 Å². The van der Waals surface area contributed by atoms with Crippen molar-refractivity contribution in [3.05, 3.63) is 46.1 Å². The zero-order valence-corrected chi connectivity index (χ0v) is 17.1. The minimum absolute atomic E-state index is 0.00798. The fraction of sp³-hybridized carbons (Fsp3) is 0.450. The molecule has 0 radical (unpaired) electrons. The highest BCUT2D eigenvalue weighted by molar-refractivity contribution is 6.32. The van der Waals surface area contributed by atoms with E-state index in [4.69, 9.17) is 22.7 Å². The minimum atomic E-state index is -0.707. The van der Waals surface area contributed by atoms with Crippen LogP contribution in [0.3, 0.4) is 0 Å². The largest absolute Gasteiger partial charge is 0.379 e. The van der Waals surface area contributed by atoms with Crippen molar-refractivity contribution in [1.82, 2.24) is 15.5 Å². The van der Waals surface area contributed by atoms with Crippen molar-refractivity contribution in [3.8, 4) is 0 Å². The predicted octanol–water partition coefficient (Wildman–Crippen LogP) is 2.39. The van der Waals surface area contributed by atoms with Gasteiger partial charge < -0.3 is 21.3 Å². The van der Waals surface area contributed by atoms with Gasteiger partial charge in [-0.1, -0.05) is 23.7 Å². The van der Waals surface area contributed by atoms with Crippen molar-refractivity contribution in [1.29, 1.82) is 5.41 Å². The average Bonchev–Trinajstić information content (AvgIpc) is 3.31. The van der Waals surface area contributed by atoms with E-state index in [9.17, 15) is 9.59 Å². The summed E-state index contributed by atoms with van der Waals surface area (Å²) in [5.41, 5.74) is 6.10. The summed E-state index contributed by atoms with van der Waals surface area (Å²) in [6, 6.07) is 6.54. The summed E-state index contributed by atoms with van der Waals surface area (Å²) in [5, 5.41) is 15.4. The molecule has 0 unspecified atom stereocenters. The second-order valence-corrected chi connectivity index (χ2v) is 8.98. The highest BCUT2D eigenvalue weighted by Gasteiger charge is 2.49. The first-order valence-electron chi connectivity index (χ1n) is 9.23. The molecule has 1 aliphatic carbocycles. The van der Waals surface area contributed by atoms with Crippen molar-refractivity contribution >= 4 is 29.3 Å². The molecule has 0 atom stereocenters. The topological polar surface area (TPSA) is 111 Å². The Bertz CT molecular complexity index is 868. The summed E-state index contributed by atoms with van der Waals surface area (Å²) in [7, 11) is 0. The van der Waals surface area contributed by atoms with E-state index in [1.807, 2.05) is 20.8 Å². The van der Waals surface area contributed by atoms with Crippen molar-refractivity contribution in [3.63, 3.8) is 0 Å². The van der Waals surface area contributed by atoms with Crippen LogP contribution in [0.4, 0.5) is 4.79 Å². The number of hydrogen-bond donors (Lipinski definition) is 4. The third kappa shape index (κ3) is 4.47. The lowest BCUT2D eigenvalue weighted by atomic mass is 9.97. The molecule has 1 heterocycles. The lowest BCUT2D eigenvalue weighted by Crippen LogP contribution is -2.58. The van der Waals surface area contributed by atoms with Gasteiger partial charge in [-0.3, -0.25) is 10.2 Å². The lowest BCUT2D eigenvalue weighted by Gasteiger charge is -2.38. The number of primary amides is 1. The number of nitrogens with two attached hydrogens (primary N) is 1. The molecule has 1 aliphatic heterocycles. The van der Waals surface area contributed by atoms with Gasteiger partial charge in [-0.15, -0.1) is 0 Å². The Morgan fingerprint density at radius 1 is 1.32 bits per heavy atom. The van der Waals surface area contributed by atoms with Crippen molar-refractivity contribution in [2.45, 2.75) is 44.7 Å². The summed E-state index contributed by atoms with van der Waals surface area (Å²) in [6.07, 6.45) is 1.79. The van der Waals surface area contributed by atoms with E-state index in [1.54, 1.807) is 29.2 Å². The summed E-state index contributed by atoms with van der Waals surface area (Å²) in [5.74, 6) is -0.707. The number of carbonyl (C=O) groups excluding carboxylic acids is 2. The van der Waals surface area contributed by atoms with Gasteiger partial charge in [0.25, 0.3) is 5.91 Å². The Labute approximate surface area is 169 Å². The monoisotopic (exact) mass is 403 g/mol. The van der Waals surface area contributed by atoms with E-state index >= 15 is 0 Å². The maximum Gasteiger partial charge on any atom is 0.318 e. The minimum Gasteiger partial charge on any atom is -0.379 e. The van der Waals surface area contributed by atoms with Gasteiger partial charge in [0.15, 0.2) is 0 Å². The number of rotatable bonds is 3. The first-order chi connectivity index (χ1) is 13.0. The van der Waals surface area contributed by atoms with Crippen LogP contribution < -0.4 is 16.4 Å². The number of benzene rings is 1. The molecule has 2 aliphatic rings. The molecule has 8 heteroatoms. The van der Waals surface area contributed by atoms with Crippen LogP contribution in [0.15, 0.2) is 35.5 Å². The molecule has 5 N–H and O–H groups in total. The van der Waals surface area contributed by atoms with Gasteiger partial charge in [0.2, 0.25) is 0 Å². The molecule has 3 rings (SSSR count). The van der Waals surface area contributed by atoms with E-state index in [-0.39, 0.29) is 34.9 Å². The molecular weight excluding hydrogens is 378 g/mol. The van der Waals surface area contributed by atoms with Crippen LogP contribution in [-0.2, 0) is 4.79 Å². The van der Waals surface area contributed by atoms with Crippen molar-refractivity contribution in [2.75, 3.05) is 13.1 Å². The van der Waals surface area contributed by atoms with Crippen LogP contribution in [0.2, 0.25) is 5.02 Å². The second-order valence-electron chi connectivity index (χ2n) is 8.54. The molecular formula is C20H26ClN5O2. The third-order valence-electron chi connectivity index (χ3n) is 4.79. The Morgan fingerprint density at radius 3 is 2.54 bits per heavy atom. The number of halogens is 1. The number of carbonyl (C=O) groups is 2. The zero-order valence-electron chi connectivity index (χ0n) is 16.4. The average molecular weight is 404 g/mol. The Hall–Kier alpha value is -2.54. The molecule has 1 saturated carbocycles. The second kappa shape index (κ2) is 7.13. The van der Waals surface area contributed by atoms with Crippen molar-refractivity contribution < 1.29 is 9.59 Å². The number of nitrogens with one attached hydrogen (secondary N) is 3. The quantitative estimate of drug-likeness (QED) is 0.459. The highest BCUT2D eigenvalue weighted by atomic mass is 35.5. The molecule has 3 amide bonds. The highest BCUT2D eigenvalue weighted by Crippen LogP contribution is 2.40. The van der Waals surface area contributed by atoms with Gasteiger partial charge in [0.1, 0.15) is 0 Å². The van der Waals surface area contributed by atoms with E-state index in [0.29, 0.717) is 22.8 Å². The smallest absolute Gasteiger partial charge is 0.318 e. The molecule has 1 spiro atoms. The SMILES string of the molecule is CC(C)(C)NC(=O)N1C/C(=C(/C(=N)c2cccc(Cl)c2)C(N)=O)NC2(CC2)C1. The number of nitrogens with zero attached hydrogens (tertiary/aromatic N) is 1. The molecule has 2 fully saturated rings. The molecule has 1 aromatic carbocycles. The molecule has 0 bridgehead atoms. The Balaban J connectivity index is 1.96. The number of piperazine rings is 1. The van der Waals surface area contributed by atoms with E-state index in [1.165, 1.54) is 0 Å². The maximum atomic E-state index is 12.7. The van der Waals surface area contributed by atoms with Crippen LogP contribution in [0.25, 0.3) is 0 Å². The van der Waals surface area contributed by atoms with E-state index in [2.05, 4.69) is 10.6 Å². The van der Waals surface area contributed by atoms with Gasteiger partial charge in [0.05, 0.1) is 23.4 Å². The predicted molar refractivity (Wildman–Crippen MR) is 109 cm³/mol. The van der Waals surface area contributed by atoms with Crippen LogP contribution in [0, 0.1) is 5.41 Å². The first kappa shape index (κ1) is 20.2. The number of amides is 3. The Morgan fingerprint density at radius 2 is 2.00 bits per heavy atom. The number of urea groups is 1. The maximum absolute atomic E-state index is 12.7. The van der Waals surface area contributed by atoms with Crippen LogP contribution >= 0.6 is 11.6 Å². The normalized spacial score (nSPS) is 19.6. The summed E-state index contributed by atoms with van der Waals surface area (Å²) in [4.78, 5) is 26.7. The Kier molecular flexibility index (Phi) is 5.14. The molecule has 0 aromatic heterocycles. The molecule has 7 nitrogen and oxygen atoms in total. The number of hydrogen-bond acceptors (Lipinski definition) is 4. The molecule has 1 saturated heterocycles. The summed E-state index contributed by atoms with van der Waals surface area (Å²) in [6.45, 7) is 6.49.